The van der Waals surface area contributed by atoms with Crippen LogP contribution in [0.15, 0.2) is 48.8 Å². The maximum absolute atomic E-state index is 5.93. The molecule has 0 fully saturated rings. The van der Waals surface area contributed by atoms with Gasteiger partial charge in [-0.25, -0.2) is 4.98 Å². The smallest absolute Gasteiger partial charge is 0.132 e. The zero-order chi connectivity index (χ0) is 13.9. The van der Waals surface area contributed by atoms with Crippen molar-refractivity contribution in [2.45, 2.75) is 13.5 Å². The molecule has 3 rings (SSSR count). The zero-order valence-electron chi connectivity index (χ0n) is 11.1. The number of aryl methyl sites for hydroxylation is 1. The van der Waals surface area contributed by atoms with Crippen molar-refractivity contribution in [1.29, 1.82) is 0 Å². The Morgan fingerprint density at radius 1 is 1.15 bits per heavy atom. The average Bonchev–Trinajstić information content (AvgIpc) is 2.48. The molecule has 0 bridgehead atoms. The second-order valence-corrected chi connectivity index (χ2v) is 5.03. The van der Waals surface area contributed by atoms with Gasteiger partial charge in [0.2, 0.25) is 0 Å². The Morgan fingerprint density at radius 3 is 2.85 bits per heavy atom. The van der Waals surface area contributed by atoms with E-state index in [0.717, 1.165) is 23.3 Å². The summed E-state index contributed by atoms with van der Waals surface area (Å²) in [4.78, 5) is 8.51. The topological polar surface area (TPSA) is 37.8 Å². The Labute approximate surface area is 122 Å². The van der Waals surface area contributed by atoms with Gasteiger partial charge in [0.15, 0.2) is 0 Å². The number of halogens is 1. The van der Waals surface area contributed by atoms with Crippen LogP contribution in [0.4, 0.5) is 5.69 Å². The molecule has 2 heterocycles. The number of anilines is 1. The Kier molecular flexibility index (Phi) is 3.52. The molecule has 0 atom stereocenters. The highest BCUT2D eigenvalue weighted by Gasteiger charge is 2.02. The minimum absolute atomic E-state index is 0.546. The molecule has 1 aromatic carbocycles. The minimum Gasteiger partial charge on any atom is -0.380 e. The molecule has 0 spiro atoms. The van der Waals surface area contributed by atoms with Crippen LogP contribution in [0.5, 0.6) is 0 Å². The second kappa shape index (κ2) is 5.47. The Balaban J connectivity index is 1.85. The van der Waals surface area contributed by atoms with Crippen LogP contribution in [0, 0.1) is 6.92 Å². The third-order valence-electron chi connectivity index (χ3n) is 3.24. The first-order chi connectivity index (χ1) is 9.74. The molecule has 100 valence electrons. The molecule has 20 heavy (non-hydrogen) atoms. The number of nitrogens with zero attached hydrogens (tertiary/aromatic N) is 2. The van der Waals surface area contributed by atoms with E-state index in [1.807, 2.05) is 43.5 Å². The lowest BCUT2D eigenvalue weighted by molar-refractivity contribution is 1.14. The molecule has 4 heteroatoms. The largest absolute Gasteiger partial charge is 0.380 e. The predicted octanol–water partition coefficient (Wildman–Crippen LogP) is 4.20. The van der Waals surface area contributed by atoms with Crippen LogP contribution in [0.2, 0.25) is 5.15 Å². The van der Waals surface area contributed by atoms with Crippen LogP contribution in [-0.4, -0.2) is 9.97 Å². The third-order valence-corrected chi connectivity index (χ3v) is 3.63. The van der Waals surface area contributed by atoms with E-state index in [-0.39, 0.29) is 0 Å². The fourth-order valence-corrected chi connectivity index (χ4v) is 2.26. The van der Waals surface area contributed by atoms with Gasteiger partial charge in [0.25, 0.3) is 0 Å². The number of aromatic nitrogens is 2. The van der Waals surface area contributed by atoms with Crippen LogP contribution in [0.25, 0.3) is 10.9 Å². The number of hydrogen-bond donors (Lipinski definition) is 1. The SMILES string of the molecule is Cc1cc(NCc2ccnc3ccccc23)cnc1Cl. The fraction of sp³-hybridized carbons (Fsp3) is 0.125. The molecule has 1 N–H and O–H groups in total. The summed E-state index contributed by atoms with van der Waals surface area (Å²) in [6, 6.07) is 12.2. The van der Waals surface area contributed by atoms with Gasteiger partial charge < -0.3 is 5.32 Å². The third kappa shape index (κ3) is 2.58. The Bertz CT molecular complexity index is 750. The fourth-order valence-electron chi connectivity index (χ4n) is 2.16. The van der Waals surface area contributed by atoms with Gasteiger partial charge in [-0.15, -0.1) is 0 Å². The van der Waals surface area contributed by atoms with Crippen molar-refractivity contribution in [3.8, 4) is 0 Å². The van der Waals surface area contributed by atoms with Crippen molar-refractivity contribution >= 4 is 28.2 Å². The first kappa shape index (κ1) is 12.9. The van der Waals surface area contributed by atoms with Gasteiger partial charge in [0, 0.05) is 18.1 Å². The molecule has 0 aliphatic heterocycles. The van der Waals surface area contributed by atoms with Crippen molar-refractivity contribution in [1.82, 2.24) is 9.97 Å². The summed E-state index contributed by atoms with van der Waals surface area (Å²) in [7, 11) is 0. The lowest BCUT2D eigenvalue weighted by atomic mass is 10.1. The van der Waals surface area contributed by atoms with Gasteiger partial charge >= 0.3 is 0 Å². The van der Waals surface area contributed by atoms with Crippen molar-refractivity contribution in [3.05, 3.63) is 65.1 Å². The molecule has 0 unspecified atom stereocenters. The van der Waals surface area contributed by atoms with E-state index in [1.165, 1.54) is 10.9 Å². The number of hydrogen-bond acceptors (Lipinski definition) is 3. The summed E-state index contributed by atoms with van der Waals surface area (Å²) in [6.07, 6.45) is 3.59. The van der Waals surface area contributed by atoms with E-state index >= 15 is 0 Å². The summed E-state index contributed by atoms with van der Waals surface area (Å²) in [6.45, 7) is 2.67. The van der Waals surface area contributed by atoms with Crippen LogP contribution >= 0.6 is 11.6 Å². The van der Waals surface area contributed by atoms with Crippen LogP contribution in [-0.2, 0) is 6.54 Å². The van der Waals surface area contributed by atoms with Crippen LogP contribution < -0.4 is 5.32 Å². The lowest BCUT2D eigenvalue weighted by Crippen LogP contribution is -2.01. The highest BCUT2D eigenvalue weighted by molar-refractivity contribution is 6.30. The molecule has 0 saturated heterocycles. The van der Waals surface area contributed by atoms with Gasteiger partial charge in [-0.2, -0.15) is 0 Å². The Hall–Kier alpha value is -2.13. The maximum atomic E-state index is 5.93. The number of nitrogens with one attached hydrogen (secondary N) is 1. The highest BCUT2D eigenvalue weighted by Crippen LogP contribution is 2.19. The summed E-state index contributed by atoms with van der Waals surface area (Å²) in [5, 5.41) is 5.09. The van der Waals surface area contributed by atoms with Gasteiger partial charge in [-0.3, -0.25) is 4.98 Å². The van der Waals surface area contributed by atoms with E-state index in [9.17, 15) is 0 Å². The second-order valence-electron chi connectivity index (χ2n) is 4.67. The molecule has 0 aliphatic rings. The monoisotopic (exact) mass is 283 g/mol. The average molecular weight is 284 g/mol. The van der Waals surface area contributed by atoms with E-state index in [0.29, 0.717) is 5.15 Å². The van der Waals surface area contributed by atoms with Gasteiger partial charge in [-0.05, 0) is 36.2 Å². The van der Waals surface area contributed by atoms with E-state index in [1.54, 1.807) is 6.20 Å². The van der Waals surface area contributed by atoms with Crippen molar-refractivity contribution < 1.29 is 0 Å². The maximum Gasteiger partial charge on any atom is 0.132 e. The first-order valence-electron chi connectivity index (χ1n) is 6.43. The van der Waals surface area contributed by atoms with Crippen molar-refractivity contribution in [3.63, 3.8) is 0 Å². The molecule has 0 aliphatic carbocycles. The zero-order valence-corrected chi connectivity index (χ0v) is 11.9. The van der Waals surface area contributed by atoms with Gasteiger partial charge in [0.1, 0.15) is 5.15 Å². The molecule has 0 saturated carbocycles. The van der Waals surface area contributed by atoms with Crippen LogP contribution in [0.3, 0.4) is 0 Å². The summed E-state index contributed by atoms with van der Waals surface area (Å²) < 4.78 is 0. The molecule has 3 aromatic rings. The summed E-state index contributed by atoms with van der Waals surface area (Å²) >= 11 is 5.93. The summed E-state index contributed by atoms with van der Waals surface area (Å²) in [5.74, 6) is 0. The lowest BCUT2D eigenvalue weighted by Gasteiger charge is -2.09. The number of para-hydroxylation sites is 1. The molecular formula is C16H14ClN3. The number of rotatable bonds is 3. The van der Waals surface area contributed by atoms with Gasteiger partial charge in [-0.1, -0.05) is 29.8 Å². The molecule has 3 nitrogen and oxygen atoms in total. The first-order valence-corrected chi connectivity index (χ1v) is 6.80. The predicted molar refractivity (Wildman–Crippen MR) is 83.1 cm³/mol. The number of benzene rings is 1. The van der Waals surface area contributed by atoms with Crippen molar-refractivity contribution in [2.24, 2.45) is 0 Å². The normalized spacial score (nSPS) is 10.7. The number of fused-ring (bicyclic) bond motifs is 1. The van der Waals surface area contributed by atoms with Crippen LogP contribution in [0.1, 0.15) is 11.1 Å². The molecular weight excluding hydrogens is 270 g/mol. The van der Waals surface area contributed by atoms with Crippen molar-refractivity contribution in [2.75, 3.05) is 5.32 Å². The van der Waals surface area contributed by atoms with Gasteiger partial charge in [0.05, 0.1) is 17.4 Å². The number of pyridine rings is 2. The van der Waals surface area contributed by atoms with E-state index in [2.05, 4.69) is 21.4 Å². The van der Waals surface area contributed by atoms with E-state index in [4.69, 9.17) is 11.6 Å². The standard InChI is InChI=1S/C16H14ClN3/c1-11-8-13(10-20-16(11)17)19-9-12-6-7-18-15-5-3-2-4-14(12)15/h2-8,10,19H,9H2,1H3. The highest BCUT2D eigenvalue weighted by atomic mass is 35.5. The Morgan fingerprint density at radius 2 is 2.00 bits per heavy atom. The molecule has 0 radical (unpaired) electrons. The minimum atomic E-state index is 0.546. The quantitative estimate of drug-likeness (QED) is 0.732. The molecule has 2 aromatic heterocycles. The molecule has 0 amide bonds. The summed E-state index contributed by atoms with van der Waals surface area (Å²) in [5.41, 5.74) is 4.16. The van der Waals surface area contributed by atoms with E-state index < -0.39 is 0 Å².